The third-order valence-electron chi connectivity index (χ3n) is 5.66. The molecule has 0 aliphatic carbocycles. The Labute approximate surface area is 185 Å². The van der Waals surface area contributed by atoms with E-state index in [2.05, 4.69) is 25.3 Å². The molecule has 0 unspecified atom stereocenters. The van der Waals surface area contributed by atoms with Crippen molar-refractivity contribution in [1.29, 1.82) is 0 Å². The van der Waals surface area contributed by atoms with Gasteiger partial charge in [-0.05, 0) is 56.4 Å². The van der Waals surface area contributed by atoms with Crippen molar-refractivity contribution in [2.24, 2.45) is 5.92 Å². The summed E-state index contributed by atoms with van der Waals surface area (Å²) in [6.45, 7) is 5.81. The SMILES string of the molecule is Cc1cc(NC(=O)c2cnn(-c3ccc(Cl)cn3)c2C)cnc1N1CCC(CO)CC1. The molecule has 0 radical (unpaired) electrons. The molecule has 3 aromatic heterocycles. The average molecular weight is 441 g/mol. The lowest BCUT2D eigenvalue weighted by molar-refractivity contribution is 0.102. The minimum Gasteiger partial charge on any atom is -0.396 e. The summed E-state index contributed by atoms with van der Waals surface area (Å²) in [5, 5.41) is 17.1. The summed E-state index contributed by atoms with van der Waals surface area (Å²) in [4.78, 5) is 23.9. The topological polar surface area (TPSA) is 96.2 Å². The number of anilines is 2. The number of amides is 1. The molecule has 31 heavy (non-hydrogen) atoms. The molecule has 3 aromatic rings. The van der Waals surface area contributed by atoms with Crippen LogP contribution in [-0.2, 0) is 0 Å². The maximum atomic E-state index is 12.8. The van der Waals surface area contributed by atoms with Crippen LogP contribution in [0.15, 0.2) is 36.8 Å². The minimum absolute atomic E-state index is 0.245. The van der Waals surface area contributed by atoms with E-state index in [0.29, 0.717) is 33.7 Å². The highest BCUT2D eigenvalue weighted by molar-refractivity contribution is 6.30. The number of carbonyl (C=O) groups excluding carboxylic acids is 1. The van der Waals surface area contributed by atoms with Gasteiger partial charge in [0.15, 0.2) is 5.82 Å². The van der Waals surface area contributed by atoms with Crippen LogP contribution in [0.4, 0.5) is 11.5 Å². The van der Waals surface area contributed by atoms with Crippen LogP contribution in [0.25, 0.3) is 5.82 Å². The van der Waals surface area contributed by atoms with Crippen molar-refractivity contribution in [2.75, 3.05) is 29.9 Å². The minimum atomic E-state index is -0.254. The fraction of sp³-hybridized carbons (Fsp3) is 0.364. The van der Waals surface area contributed by atoms with Gasteiger partial charge in [-0.15, -0.1) is 0 Å². The van der Waals surface area contributed by atoms with Gasteiger partial charge in [0.05, 0.1) is 34.4 Å². The van der Waals surface area contributed by atoms with Crippen LogP contribution in [-0.4, -0.2) is 50.5 Å². The Kier molecular flexibility index (Phi) is 6.20. The summed E-state index contributed by atoms with van der Waals surface area (Å²) in [6.07, 6.45) is 6.67. The smallest absolute Gasteiger partial charge is 0.259 e. The van der Waals surface area contributed by atoms with E-state index in [1.165, 1.54) is 6.20 Å². The summed E-state index contributed by atoms with van der Waals surface area (Å²) in [5.74, 6) is 1.64. The highest BCUT2D eigenvalue weighted by Gasteiger charge is 2.21. The van der Waals surface area contributed by atoms with Gasteiger partial charge in [-0.3, -0.25) is 4.79 Å². The van der Waals surface area contributed by atoms with Crippen LogP contribution in [0.5, 0.6) is 0 Å². The van der Waals surface area contributed by atoms with E-state index in [1.54, 1.807) is 29.2 Å². The van der Waals surface area contributed by atoms with Gasteiger partial charge in [-0.1, -0.05) is 11.6 Å². The normalized spacial score (nSPS) is 14.6. The predicted molar refractivity (Wildman–Crippen MR) is 120 cm³/mol. The number of hydrogen-bond donors (Lipinski definition) is 2. The zero-order valence-corrected chi connectivity index (χ0v) is 18.3. The molecule has 0 atom stereocenters. The largest absolute Gasteiger partial charge is 0.396 e. The Bertz CT molecular complexity index is 1070. The van der Waals surface area contributed by atoms with Crippen LogP contribution >= 0.6 is 11.6 Å². The van der Waals surface area contributed by atoms with E-state index < -0.39 is 0 Å². The van der Waals surface area contributed by atoms with E-state index >= 15 is 0 Å². The molecule has 9 heteroatoms. The second kappa shape index (κ2) is 9.03. The zero-order valence-electron chi connectivity index (χ0n) is 17.5. The Hall–Kier alpha value is -2.97. The van der Waals surface area contributed by atoms with Crippen molar-refractivity contribution in [2.45, 2.75) is 26.7 Å². The summed E-state index contributed by atoms with van der Waals surface area (Å²) in [7, 11) is 0. The number of carbonyl (C=O) groups is 1. The number of piperidine rings is 1. The first kappa shape index (κ1) is 21.3. The highest BCUT2D eigenvalue weighted by Crippen LogP contribution is 2.26. The average Bonchev–Trinajstić information content (AvgIpc) is 3.16. The summed E-state index contributed by atoms with van der Waals surface area (Å²) >= 11 is 5.90. The van der Waals surface area contributed by atoms with Gasteiger partial charge in [0.1, 0.15) is 5.82 Å². The third kappa shape index (κ3) is 4.55. The maximum Gasteiger partial charge on any atom is 0.259 e. The first-order chi connectivity index (χ1) is 15.0. The van der Waals surface area contributed by atoms with Crippen molar-refractivity contribution in [1.82, 2.24) is 19.7 Å². The molecule has 0 spiro atoms. The molecule has 4 rings (SSSR count). The number of aliphatic hydroxyl groups excluding tert-OH is 1. The lowest BCUT2D eigenvalue weighted by Crippen LogP contribution is -2.35. The second-order valence-corrected chi connectivity index (χ2v) is 8.26. The lowest BCUT2D eigenvalue weighted by atomic mass is 9.97. The summed E-state index contributed by atoms with van der Waals surface area (Å²) in [6, 6.07) is 5.41. The predicted octanol–water partition coefficient (Wildman–Crippen LogP) is 3.39. The first-order valence-electron chi connectivity index (χ1n) is 10.3. The molecule has 4 heterocycles. The molecule has 1 aliphatic heterocycles. The number of halogens is 1. The molecular formula is C22H25ClN6O2. The molecule has 8 nitrogen and oxygen atoms in total. The number of aliphatic hydroxyl groups is 1. The van der Waals surface area contributed by atoms with E-state index in [9.17, 15) is 9.90 Å². The summed E-state index contributed by atoms with van der Waals surface area (Å²) in [5.41, 5.74) is 2.77. The standard InChI is InChI=1S/C22H25ClN6O2/c1-14-9-18(11-25-21(14)28-7-5-16(13-30)6-8-28)27-22(31)19-12-26-29(15(19)2)20-4-3-17(23)10-24-20/h3-4,9-12,16,30H,5-8,13H2,1-2H3,(H,27,31). The molecule has 0 bridgehead atoms. The Morgan fingerprint density at radius 2 is 1.97 bits per heavy atom. The number of aryl methyl sites for hydroxylation is 1. The van der Waals surface area contributed by atoms with Crippen molar-refractivity contribution >= 4 is 29.0 Å². The number of nitrogens with one attached hydrogen (secondary N) is 1. The zero-order chi connectivity index (χ0) is 22.0. The molecule has 1 saturated heterocycles. The second-order valence-electron chi connectivity index (χ2n) is 7.82. The van der Waals surface area contributed by atoms with Gasteiger partial charge in [-0.25, -0.2) is 14.6 Å². The van der Waals surface area contributed by atoms with E-state index in [-0.39, 0.29) is 12.5 Å². The van der Waals surface area contributed by atoms with E-state index in [1.807, 2.05) is 19.9 Å². The van der Waals surface area contributed by atoms with Crippen molar-refractivity contribution < 1.29 is 9.90 Å². The lowest BCUT2D eigenvalue weighted by Gasteiger charge is -2.32. The molecule has 162 valence electrons. The van der Waals surface area contributed by atoms with Crippen LogP contribution in [0.3, 0.4) is 0 Å². The molecule has 0 aromatic carbocycles. The molecule has 1 amide bonds. The van der Waals surface area contributed by atoms with Crippen LogP contribution in [0, 0.1) is 19.8 Å². The number of aromatic nitrogens is 4. The van der Waals surface area contributed by atoms with Gasteiger partial charge in [0.25, 0.3) is 5.91 Å². The maximum absolute atomic E-state index is 12.8. The van der Waals surface area contributed by atoms with Crippen molar-refractivity contribution in [3.05, 3.63) is 58.6 Å². The van der Waals surface area contributed by atoms with Gasteiger partial charge >= 0.3 is 0 Å². The number of pyridine rings is 2. The third-order valence-corrected chi connectivity index (χ3v) is 5.89. The monoisotopic (exact) mass is 440 g/mol. The van der Waals surface area contributed by atoms with Crippen LogP contribution < -0.4 is 10.2 Å². The Morgan fingerprint density at radius 1 is 1.19 bits per heavy atom. The fourth-order valence-electron chi connectivity index (χ4n) is 3.85. The van der Waals surface area contributed by atoms with Gasteiger partial charge in [0, 0.05) is 25.9 Å². The first-order valence-corrected chi connectivity index (χ1v) is 10.6. The summed E-state index contributed by atoms with van der Waals surface area (Å²) < 4.78 is 1.61. The molecule has 2 N–H and O–H groups in total. The Balaban J connectivity index is 1.47. The van der Waals surface area contributed by atoms with Gasteiger partial charge < -0.3 is 15.3 Å². The van der Waals surface area contributed by atoms with Crippen LogP contribution in [0.2, 0.25) is 5.02 Å². The fourth-order valence-corrected chi connectivity index (χ4v) is 3.96. The Morgan fingerprint density at radius 3 is 2.61 bits per heavy atom. The highest BCUT2D eigenvalue weighted by atomic mass is 35.5. The van der Waals surface area contributed by atoms with Crippen molar-refractivity contribution in [3.63, 3.8) is 0 Å². The van der Waals surface area contributed by atoms with Gasteiger partial charge in [0.2, 0.25) is 0 Å². The molecule has 1 fully saturated rings. The van der Waals surface area contributed by atoms with E-state index in [0.717, 1.165) is 37.3 Å². The molecular weight excluding hydrogens is 416 g/mol. The molecule has 1 aliphatic rings. The van der Waals surface area contributed by atoms with Crippen molar-refractivity contribution in [3.8, 4) is 5.82 Å². The van der Waals surface area contributed by atoms with Gasteiger partial charge in [-0.2, -0.15) is 5.10 Å². The van der Waals surface area contributed by atoms with Crippen LogP contribution in [0.1, 0.15) is 34.5 Å². The number of rotatable bonds is 5. The number of nitrogens with zero attached hydrogens (tertiary/aromatic N) is 5. The van der Waals surface area contributed by atoms with E-state index in [4.69, 9.17) is 11.6 Å². The number of hydrogen-bond acceptors (Lipinski definition) is 6. The molecule has 0 saturated carbocycles. The quantitative estimate of drug-likeness (QED) is 0.631.